The number of halogens is 1. The first-order valence-corrected chi connectivity index (χ1v) is 9.01. The summed E-state index contributed by atoms with van der Waals surface area (Å²) >= 11 is 0. The van der Waals surface area contributed by atoms with Crippen LogP contribution in [0.2, 0.25) is 0 Å². The van der Waals surface area contributed by atoms with Gasteiger partial charge in [0, 0.05) is 12.0 Å². The third-order valence-corrected chi connectivity index (χ3v) is 4.82. The first-order chi connectivity index (χ1) is 13.1. The molecule has 1 heterocycles. The second kappa shape index (κ2) is 8.93. The summed E-state index contributed by atoms with van der Waals surface area (Å²) in [4.78, 5) is 10.4. The topological polar surface area (TPSA) is 44.8 Å². The Kier molecular flexibility index (Phi) is 6.37. The summed E-state index contributed by atoms with van der Waals surface area (Å²) in [6.45, 7) is 5.41. The molecule has 1 atom stereocenters. The highest BCUT2D eigenvalue weighted by Gasteiger charge is 2.38. The molecule has 0 amide bonds. The van der Waals surface area contributed by atoms with Gasteiger partial charge in [-0.2, -0.15) is 0 Å². The Labute approximate surface area is 158 Å². The van der Waals surface area contributed by atoms with Gasteiger partial charge in [-0.1, -0.05) is 30.3 Å². The molecule has 27 heavy (non-hydrogen) atoms. The minimum Gasteiger partial charge on any atom is -0.429 e. The lowest BCUT2D eigenvalue weighted by molar-refractivity contribution is -0.172. The molecule has 0 saturated carbocycles. The Hall–Kier alpha value is -2.50. The fraction of sp³-hybridized carbons (Fsp3) is 0.318. The number of carbonyl (C=O) groups is 1. The molecule has 2 aromatic carbocycles. The maximum absolute atomic E-state index is 13.3. The predicted octanol–water partition coefficient (Wildman–Crippen LogP) is 4.39. The average molecular weight is 370 g/mol. The molecule has 0 N–H and O–H groups in total. The van der Waals surface area contributed by atoms with Gasteiger partial charge in [0.05, 0.1) is 13.2 Å². The molecule has 0 aromatic heterocycles. The zero-order valence-electron chi connectivity index (χ0n) is 15.1. The summed E-state index contributed by atoms with van der Waals surface area (Å²) in [6, 6.07) is 13.7. The number of hydrogen-bond donors (Lipinski definition) is 0. The van der Waals surface area contributed by atoms with Crippen molar-refractivity contribution in [3.8, 4) is 5.75 Å². The summed E-state index contributed by atoms with van der Waals surface area (Å²) < 4.78 is 29.9. The monoisotopic (exact) mass is 370 g/mol. The summed E-state index contributed by atoms with van der Waals surface area (Å²) in [7, 11) is 0. The first-order valence-electron chi connectivity index (χ1n) is 9.01. The maximum atomic E-state index is 13.3. The van der Waals surface area contributed by atoms with Gasteiger partial charge in [-0.3, -0.25) is 4.79 Å². The van der Waals surface area contributed by atoms with Crippen LogP contribution in [-0.4, -0.2) is 19.7 Å². The van der Waals surface area contributed by atoms with Crippen LogP contribution in [0.25, 0.3) is 0 Å². The van der Waals surface area contributed by atoms with E-state index < -0.39 is 5.79 Å². The van der Waals surface area contributed by atoms with Crippen molar-refractivity contribution in [1.29, 1.82) is 0 Å². The van der Waals surface area contributed by atoms with Crippen LogP contribution in [0.15, 0.2) is 61.2 Å². The van der Waals surface area contributed by atoms with Crippen LogP contribution in [0, 0.1) is 11.7 Å². The van der Waals surface area contributed by atoms with E-state index >= 15 is 0 Å². The van der Waals surface area contributed by atoms with Gasteiger partial charge >= 0.3 is 0 Å². The summed E-state index contributed by atoms with van der Waals surface area (Å²) in [5.74, 6) is -0.353. The molecule has 1 saturated heterocycles. The Balaban J connectivity index is 1.65. The standard InChI is InChI=1S/C22H23FO4/c1-2-17(15-18-3-9-21(10-4-18)25-16-24)11-12-22(26-13-14-27-22)19-5-7-20(23)8-6-19/h2-10,16-17H,1,11-15H2. The van der Waals surface area contributed by atoms with E-state index in [0.717, 1.165) is 24.0 Å². The summed E-state index contributed by atoms with van der Waals surface area (Å²) in [6.07, 6.45) is 4.21. The maximum Gasteiger partial charge on any atom is 0.298 e. The van der Waals surface area contributed by atoms with Gasteiger partial charge in [-0.15, -0.1) is 6.58 Å². The van der Waals surface area contributed by atoms with Gasteiger partial charge in [0.2, 0.25) is 0 Å². The third-order valence-electron chi connectivity index (χ3n) is 4.82. The van der Waals surface area contributed by atoms with Crippen LogP contribution in [0.5, 0.6) is 5.75 Å². The lowest BCUT2D eigenvalue weighted by Crippen LogP contribution is -2.28. The molecule has 4 nitrogen and oxygen atoms in total. The van der Waals surface area contributed by atoms with E-state index in [0.29, 0.717) is 31.9 Å². The van der Waals surface area contributed by atoms with Gasteiger partial charge in [-0.05, 0) is 48.6 Å². The van der Waals surface area contributed by atoms with Gasteiger partial charge in [-0.25, -0.2) is 4.39 Å². The molecule has 1 unspecified atom stereocenters. The van der Waals surface area contributed by atoms with Gasteiger partial charge in [0.1, 0.15) is 11.6 Å². The lowest BCUT2D eigenvalue weighted by atomic mass is 9.90. The summed E-state index contributed by atoms with van der Waals surface area (Å²) in [5.41, 5.74) is 1.96. The fourth-order valence-electron chi connectivity index (χ4n) is 3.35. The van der Waals surface area contributed by atoms with E-state index in [1.807, 2.05) is 18.2 Å². The third kappa shape index (κ3) is 4.81. The zero-order chi connectivity index (χ0) is 19.1. The molecule has 0 spiro atoms. The summed E-state index contributed by atoms with van der Waals surface area (Å²) in [5, 5.41) is 0. The van der Waals surface area contributed by atoms with E-state index in [-0.39, 0.29) is 11.7 Å². The van der Waals surface area contributed by atoms with Crippen LogP contribution in [0.4, 0.5) is 4.39 Å². The smallest absolute Gasteiger partial charge is 0.298 e. The van der Waals surface area contributed by atoms with Crippen LogP contribution >= 0.6 is 0 Å². The van der Waals surface area contributed by atoms with Crippen molar-refractivity contribution in [3.05, 3.63) is 78.1 Å². The van der Waals surface area contributed by atoms with Crippen LogP contribution in [-0.2, 0) is 26.5 Å². The van der Waals surface area contributed by atoms with Crippen molar-refractivity contribution in [2.45, 2.75) is 25.0 Å². The Bertz CT molecular complexity index is 749. The van der Waals surface area contributed by atoms with Crippen molar-refractivity contribution in [1.82, 2.24) is 0 Å². The number of carbonyl (C=O) groups excluding carboxylic acids is 1. The molecule has 2 aromatic rings. The second-order valence-corrected chi connectivity index (χ2v) is 6.55. The predicted molar refractivity (Wildman–Crippen MR) is 99.7 cm³/mol. The van der Waals surface area contributed by atoms with Crippen molar-refractivity contribution in [3.63, 3.8) is 0 Å². The minimum atomic E-state index is -0.823. The molecule has 0 radical (unpaired) electrons. The molecule has 5 heteroatoms. The number of benzene rings is 2. The van der Waals surface area contributed by atoms with Crippen LogP contribution in [0.1, 0.15) is 24.0 Å². The Morgan fingerprint density at radius 2 is 1.78 bits per heavy atom. The highest BCUT2D eigenvalue weighted by Crippen LogP contribution is 2.37. The van der Waals surface area contributed by atoms with Gasteiger partial charge < -0.3 is 14.2 Å². The molecule has 1 aliphatic heterocycles. The van der Waals surface area contributed by atoms with Crippen molar-refractivity contribution >= 4 is 6.47 Å². The number of ether oxygens (including phenoxy) is 3. The molecule has 142 valence electrons. The van der Waals surface area contributed by atoms with Gasteiger partial charge in [0.15, 0.2) is 5.79 Å². The molecule has 1 fully saturated rings. The number of hydrogen-bond acceptors (Lipinski definition) is 4. The fourth-order valence-corrected chi connectivity index (χ4v) is 3.35. The highest BCUT2D eigenvalue weighted by atomic mass is 19.1. The SMILES string of the molecule is C=CC(CCC1(c2ccc(F)cc2)OCCO1)Cc1ccc(OC=O)cc1. The molecule has 0 bridgehead atoms. The average Bonchev–Trinajstić information content (AvgIpc) is 3.17. The number of allylic oxidation sites excluding steroid dienone is 1. The van der Waals surface area contributed by atoms with E-state index in [4.69, 9.17) is 14.2 Å². The van der Waals surface area contributed by atoms with E-state index in [9.17, 15) is 9.18 Å². The second-order valence-electron chi connectivity index (χ2n) is 6.55. The van der Waals surface area contributed by atoms with Crippen molar-refractivity contribution < 1.29 is 23.4 Å². The highest BCUT2D eigenvalue weighted by molar-refractivity contribution is 5.45. The van der Waals surface area contributed by atoms with Crippen molar-refractivity contribution in [2.75, 3.05) is 13.2 Å². The van der Waals surface area contributed by atoms with Gasteiger partial charge in [0.25, 0.3) is 6.47 Å². The van der Waals surface area contributed by atoms with E-state index in [2.05, 4.69) is 6.58 Å². The normalized spacial score (nSPS) is 16.6. The minimum absolute atomic E-state index is 0.230. The quantitative estimate of drug-likeness (QED) is 0.485. The van der Waals surface area contributed by atoms with E-state index in [1.54, 1.807) is 24.3 Å². The molecule has 3 rings (SSSR count). The lowest BCUT2D eigenvalue weighted by Gasteiger charge is -2.29. The molecular weight excluding hydrogens is 347 g/mol. The Morgan fingerprint density at radius 3 is 2.37 bits per heavy atom. The van der Waals surface area contributed by atoms with Crippen LogP contribution < -0.4 is 4.74 Å². The largest absolute Gasteiger partial charge is 0.429 e. The first kappa shape index (κ1) is 19.3. The molecular formula is C22H23FO4. The Morgan fingerprint density at radius 1 is 1.11 bits per heavy atom. The zero-order valence-corrected chi connectivity index (χ0v) is 15.1. The van der Waals surface area contributed by atoms with E-state index in [1.165, 1.54) is 12.1 Å². The number of rotatable bonds is 9. The molecule has 0 aliphatic carbocycles. The van der Waals surface area contributed by atoms with Crippen molar-refractivity contribution in [2.24, 2.45) is 5.92 Å². The van der Waals surface area contributed by atoms with Crippen LogP contribution in [0.3, 0.4) is 0 Å². The molecule has 1 aliphatic rings.